The maximum atomic E-state index is 11.8. The zero-order valence-electron chi connectivity index (χ0n) is 10.1. The molecular weight excluding hydrogens is 220 g/mol. The van der Waals surface area contributed by atoms with Crippen molar-refractivity contribution in [1.29, 1.82) is 0 Å². The Bertz CT molecular complexity index is 437. The normalized spacial score (nSPS) is 10.4. The fourth-order valence-electron chi connectivity index (χ4n) is 1.39. The average Bonchev–Trinajstić information content (AvgIpc) is 2.20. The van der Waals surface area contributed by atoms with Crippen LogP contribution in [0.3, 0.4) is 0 Å². The lowest BCUT2D eigenvalue weighted by Crippen LogP contribution is -2.17. The van der Waals surface area contributed by atoms with Crippen molar-refractivity contribution in [2.24, 2.45) is 0 Å². The number of aromatic amines is 1. The maximum absolute atomic E-state index is 11.8. The second kappa shape index (κ2) is 5.89. The van der Waals surface area contributed by atoms with E-state index in [9.17, 15) is 4.79 Å². The van der Waals surface area contributed by atoms with Gasteiger partial charge in [-0.15, -0.1) is 0 Å². The molecule has 1 aromatic rings. The fraction of sp³-hybridized carbons (Fsp3) is 0.500. The Morgan fingerprint density at radius 2 is 2.25 bits per heavy atom. The highest BCUT2D eigenvalue weighted by Crippen LogP contribution is 2.15. The Balaban J connectivity index is 2.91. The Morgan fingerprint density at radius 3 is 2.75 bits per heavy atom. The summed E-state index contributed by atoms with van der Waals surface area (Å²) in [4.78, 5) is 19.0. The molecule has 0 aliphatic heterocycles. The van der Waals surface area contributed by atoms with Crippen molar-refractivity contribution in [3.63, 3.8) is 0 Å². The highest BCUT2D eigenvalue weighted by Gasteiger charge is 2.07. The van der Waals surface area contributed by atoms with E-state index in [1.807, 2.05) is 13.8 Å². The van der Waals surface area contributed by atoms with Gasteiger partial charge in [0.2, 0.25) is 0 Å². The molecule has 3 nitrogen and oxygen atoms in total. The van der Waals surface area contributed by atoms with E-state index in [4.69, 9.17) is 0 Å². The highest BCUT2D eigenvalue weighted by atomic mass is 32.2. The number of nitrogens with zero attached hydrogens (tertiary/aromatic N) is 1. The van der Waals surface area contributed by atoms with Gasteiger partial charge in [0.1, 0.15) is 0 Å². The van der Waals surface area contributed by atoms with Crippen LogP contribution in [0, 0.1) is 6.92 Å². The molecule has 0 amide bonds. The molecule has 0 saturated heterocycles. The average molecular weight is 238 g/mol. The van der Waals surface area contributed by atoms with Crippen molar-refractivity contribution in [3.8, 4) is 0 Å². The second-order valence-corrected chi connectivity index (χ2v) is 4.89. The molecule has 1 N–H and O–H groups in total. The van der Waals surface area contributed by atoms with E-state index in [0.29, 0.717) is 5.16 Å². The third kappa shape index (κ3) is 3.52. The van der Waals surface area contributed by atoms with Gasteiger partial charge in [0.15, 0.2) is 5.16 Å². The lowest BCUT2D eigenvalue weighted by Gasteiger charge is -2.05. The van der Waals surface area contributed by atoms with E-state index in [1.165, 1.54) is 11.8 Å². The topological polar surface area (TPSA) is 45.8 Å². The van der Waals surface area contributed by atoms with Gasteiger partial charge in [-0.3, -0.25) is 4.79 Å². The summed E-state index contributed by atoms with van der Waals surface area (Å²) in [7, 11) is 0. The Labute approximate surface area is 100 Å². The van der Waals surface area contributed by atoms with E-state index in [-0.39, 0.29) is 5.56 Å². The van der Waals surface area contributed by atoms with Gasteiger partial charge in [-0.2, -0.15) is 0 Å². The molecule has 1 aromatic heterocycles. The molecule has 0 saturated carbocycles. The zero-order chi connectivity index (χ0) is 12.1. The fourth-order valence-corrected chi connectivity index (χ4v) is 2.14. The van der Waals surface area contributed by atoms with Gasteiger partial charge in [0.05, 0.1) is 0 Å². The summed E-state index contributed by atoms with van der Waals surface area (Å²) < 4.78 is 0. The van der Waals surface area contributed by atoms with E-state index in [2.05, 4.69) is 23.5 Å². The molecular formula is C12H18N2OS. The molecule has 0 bridgehead atoms. The lowest BCUT2D eigenvalue weighted by atomic mass is 10.1. The first-order valence-corrected chi connectivity index (χ1v) is 6.40. The van der Waals surface area contributed by atoms with Crippen LogP contribution in [-0.4, -0.2) is 15.7 Å². The number of nitrogens with one attached hydrogen (secondary N) is 1. The number of thioether (sulfide) groups is 1. The van der Waals surface area contributed by atoms with Crippen LogP contribution in [0.5, 0.6) is 0 Å². The number of hydrogen-bond donors (Lipinski definition) is 1. The van der Waals surface area contributed by atoms with Crippen molar-refractivity contribution >= 4 is 11.8 Å². The van der Waals surface area contributed by atoms with Crippen molar-refractivity contribution in [3.05, 3.63) is 33.8 Å². The van der Waals surface area contributed by atoms with Gasteiger partial charge in [-0.05, 0) is 20.3 Å². The second-order valence-electron chi connectivity index (χ2n) is 3.93. The quantitative estimate of drug-likeness (QED) is 0.487. The van der Waals surface area contributed by atoms with Crippen molar-refractivity contribution in [2.75, 3.05) is 5.75 Å². The summed E-state index contributed by atoms with van der Waals surface area (Å²) in [6, 6.07) is 0. The van der Waals surface area contributed by atoms with Gasteiger partial charge in [0.25, 0.3) is 5.56 Å². The number of hydrogen-bond acceptors (Lipinski definition) is 3. The third-order valence-corrected chi connectivity index (χ3v) is 3.26. The standard InChI is InChI=1S/C12H18N2OS/c1-5-6-10-9(4)13-12(14-11(10)15)16-7-8(2)3/h2,5-7H2,1,3-4H3,(H,13,14,15). The van der Waals surface area contributed by atoms with E-state index < -0.39 is 0 Å². The van der Waals surface area contributed by atoms with Gasteiger partial charge in [0, 0.05) is 17.0 Å². The van der Waals surface area contributed by atoms with Crippen LogP contribution in [0.1, 0.15) is 31.5 Å². The molecule has 0 fully saturated rings. The molecule has 0 radical (unpaired) electrons. The summed E-state index contributed by atoms with van der Waals surface area (Å²) in [5.74, 6) is 0.787. The van der Waals surface area contributed by atoms with E-state index >= 15 is 0 Å². The summed E-state index contributed by atoms with van der Waals surface area (Å²) in [6.07, 6.45) is 1.75. The van der Waals surface area contributed by atoms with Crippen LogP contribution >= 0.6 is 11.8 Å². The number of H-pyrrole nitrogens is 1. The molecule has 0 aliphatic carbocycles. The maximum Gasteiger partial charge on any atom is 0.254 e. The number of rotatable bonds is 5. The lowest BCUT2D eigenvalue weighted by molar-refractivity contribution is 0.818. The SMILES string of the molecule is C=C(C)CSc1nc(C)c(CCC)c(=O)[nH]1. The van der Waals surface area contributed by atoms with Gasteiger partial charge in [-0.25, -0.2) is 4.98 Å². The van der Waals surface area contributed by atoms with E-state index in [1.54, 1.807) is 0 Å². The minimum absolute atomic E-state index is 0.00133. The molecule has 1 heterocycles. The number of aromatic nitrogens is 2. The molecule has 16 heavy (non-hydrogen) atoms. The largest absolute Gasteiger partial charge is 0.301 e. The van der Waals surface area contributed by atoms with Crippen LogP contribution in [0.15, 0.2) is 22.1 Å². The molecule has 0 atom stereocenters. The monoisotopic (exact) mass is 238 g/mol. The predicted octanol–water partition coefficient (Wildman–Crippen LogP) is 2.70. The molecule has 88 valence electrons. The molecule has 1 rings (SSSR count). The first kappa shape index (κ1) is 13.0. The molecule has 0 aliphatic rings. The van der Waals surface area contributed by atoms with Crippen LogP contribution in [0.25, 0.3) is 0 Å². The Hall–Kier alpha value is -1.03. The molecule has 0 spiro atoms. The smallest absolute Gasteiger partial charge is 0.254 e. The van der Waals surface area contributed by atoms with Crippen LogP contribution in [0.2, 0.25) is 0 Å². The van der Waals surface area contributed by atoms with Crippen molar-refractivity contribution < 1.29 is 0 Å². The summed E-state index contributed by atoms with van der Waals surface area (Å²) in [5, 5.41) is 0.686. The first-order chi connectivity index (χ1) is 7.54. The summed E-state index contributed by atoms with van der Waals surface area (Å²) >= 11 is 1.52. The molecule has 0 unspecified atom stereocenters. The van der Waals surface area contributed by atoms with Gasteiger partial charge in [-0.1, -0.05) is 37.3 Å². The Morgan fingerprint density at radius 1 is 1.56 bits per heavy atom. The van der Waals surface area contributed by atoms with Gasteiger partial charge < -0.3 is 4.98 Å². The number of aryl methyl sites for hydroxylation is 1. The molecule has 0 aromatic carbocycles. The predicted molar refractivity (Wildman–Crippen MR) is 69.1 cm³/mol. The van der Waals surface area contributed by atoms with Crippen LogP contribution in [0.4, 0.5) is 0 Å². The van der Waals surface area contributed by atoms with Crippen molar-refractivity contribution in [2.45, 2.75) is 38.8 Å². The summed E-state index contributed by atoms with van der Waals surface area (Å²) in [6.45, 7) is 9.74. The van der Waals surface area contributed by atoms with Crippen LogP contribution < -0.4 is 5.56 Å². The first-order valence-electron chi connectivity index (χ1n) is 5.41. The minimum atomic E-state index is -0.00133. The highest BCUT2D eigenvalue weighted by molar-refractivity contribution is 7.99. The van der Waals surface area contributed by atoms with E-state index in [0.717, 1.165) is 35.4 Å². The van der Waals surface area contributed by atoms with Gasteiger partial charge >= 0.3 is 0 Å². The Kier molecular flexibility index (Phi) is 4.80. The minimum Gasteiger partial charge on any atom is -0.301 e. The molecule has 4 heteroatoms. The summed E-state index contributed by atoms with van der Waals surface area (Å²) in [5.41, 5.74) is 2.72. The van der Waals surface area contributed by atoms with Crippen molar-refractivity contribution in [1.82, 2.24) is 9.97 Å². The van der Waals surface area contributed by atoms with Crippen LogP contribution in [-0.2, 0) is 6.42 Å². The zero-order valence-corrected chi connectivity index (χ0v) is 10.9. The third-order valence-electron chi connectivity index (χ3n) is 2.16.